The van der Waals surface area contributed by atoms with E-state index in [-0.39, 0.29) is 58.7 Å². The second kappa shape index (κ2) is 3.32. The molecule has 10 heavy (non-hydrogen) atoms. The monoisotopic (exact) mass is 168 g/mol. The molecule has 0 aliphatic carbocycles. The van der Waals surface area contributed by atoms with Crippen molar-refractivity contribution in [1.82, 2.24) is 10.6 Å². The Bertz CT molecular complexity index is 183. The van der Waals surface area contributed by atoms with Crippen molar-refractivity contribution < 1.29 is 62.4 Å². The Morgan fingerprint density at radius 1 is 1.40 bits per heavy atom. The third-order valence-corrected chi connectivity index (χ3v) is 1.22. The number of nitrogens with one attached hydrogen (secondary N) is 2. The Balaban J connectivity index is 0. The van der Waals surface area contributed by atoms with Crippen molar-refractivity contribution in [2.75, 3.05) is 0 Å². The molecule has 1 fully saturated rings. The zero-order valence-electron chi connectivity index (χ0n) is 7.32. The van der Waals surface area contributed by atoms with Crippen molar-refractivity contribution in [3.05, 3.63) is 0 Å². The van der Waals surface area contributed by atoms with Gasteiger partial charge in [0.05, 0.1) is 0 Å². The van der Waals surface area contributed by atoms with Crippen molar-refractivity contribution >= 4 is 11.9 Å². The normalized spacial score (nSPS) is 21.0. The summed E-state index contributed by atoms with van der Waals surface area (Å²) in [5.41, 5.74) is -0.725. The third-order valence-electron chi connectivity index (χ3n) is 1.22. The Hall–Kier alpha value is 0.576. The summed E-state index contributed by atoms with van der Waals surface area (Å²) < 4.78 is 0. The number of imide groups is 1. The van der Waals surface area contributed by atoms with Crippen molar-refractivity contribution in [3.63, 3.8) is 0 Å². The second-order valence-electron chi connectivity index (χ2n) is 2.53. The van der Waals surface area contributed by atoms with Crippen LogP contribution >= 0.6 is 0 Å². The van der Waals surface area contributed by atoms with E-state index in [0.717, 1.165) is 0 Å². The zero-order valence-corrected chi connectivity index (χ0v) is 9.44. The summed E-state index contributed by atoms with van der Waals surface area (Å²) in [4.78, 5) is 21.1. The minimum atomic E-state index is -0.725. The van der Waals surface area contributed by atoms with Crippen LogP contribution in [0.4, 0.5) is 4.79 Å². The van der Waals surface area contributed by atoms with Gasteiger partial charge in [0.25, 0.3) is 5.91 Å². The van der Waals surface area contributed by atoms with Gasteiger partial charge < -0.3 is 6.74 Å². The molecule has 3 amide bonds. The number of carbonyl (C=O) groups is 2. The summed E-state index contributed by atoms with van der Waals surface area (Å²) in [6.07, 6.45) is 0. The van der Waals surface area contributed by atoms with Gasteiger partial charge in [-0.3, -0.25) is 10.1 Å². The first-order valence-electron chi connectivity index (χ1n) is 2.66. The molecule has 0 spiro atoms. The van der Waals surface area contributed by atoms with Crippen molar-refractivity contribution in [2.24, 2.45) is 0 Å². The molecule has 5 heteroatoms. The van der Waals surface area contributed by atoms with E-state index in [0.29, 0.717) is 0 Å². The van der Waals surface area contributed by atoms with Crippen molar-refractivity contribution in [1.29, 1.82) is 0 Å². The molecule has 0 aromatic rings. The predicted molar refractivity (Wildman–Crippen MR) is 31.9 cm³/mol. The molecule has 1 aliphatic rings. The number of hydrogen-bond donors (Lipinski definition) is 2. The standard InChI is InChI=1S/C5H8N2O2.K.H/c1-5(2)3(8)6-4(9)7-5;;/h1-2H3,(H2,6,7,8,9);;/q;+1;-1. The molecule has 0 bridgehead atoms. The van der Waals surface area contributed by atoms with Crippen molar-refractivity contribution in [3.8, 4) is 0 Å². The molecule has 0 radical (unpaired) electrons. The first kappa shape index (κ1) is 10.6. The van der Waals surface area contributed by atoms with Gasteiger partial charge in [0.2, 0.25) is 0 Å². The van der Waals surface area contributed by atoms with Crippen LogP contribution in [-0.4, -0.2) is 17.5 Å². The maximum Gasteiger partial charge on any atom is 1.00 e. The Morgan fingerprint density at radius 3 is 2.00 bits per heavy atom. The molecule has 0 unspecified atom stereocenters. The van der Waals surface area contributed by atoms with Gasteiger partial charge in [0.1, 0.15) is 5.54 Å². The first-order valence-corrected chi connectivity index (χ1v) is 2.66. The summed E-state index contributed by atoms with van der Waals surface area (Å²) >= 11 is 0. The maximum absolute atomic E-state index is 10.7. The molecule has 2 N–H and O–H groups in total. The second-order valence-corrected chi connectivity index (χ2v) is 2.53. The van der Waals surface area contributed by atoms with Gasteiger partial charge in [-0.2, -0.15) is 0 Å². The van der Waals surface area contributed by atoms with Gasteiger partial charge in [0.15, 0.2) is 0 Å². The van der Waals surface area contributed by atoms with Crippen LogP contribution in [0.1, 0.15) is 15.3 Å². The van der Waals surface area contributed by atoms with Crippen LogP contribution in [-0.2, 0) is 4.79 Å². The third kappa shape index (κ3) is 2.03. The van der Waals surface area contributed by atoms with E-state index in [2.05, 4.69) is 10.6 Å². The van der Waals surface area contributed by atoms with E-state index in [4.69, 9.17) is 0 Å². The number of hydrogen-bond acceptors (Lipinski definition) is 2. The molecule has 1 rings (SSSR count). The molecule has 0 saturated carbocycles. The Morgan fingerprint density at radius 2 is 1.90 bits per heavy atom. The van der Waals surface area contributed by atoms with Crippen LogP contribution in [0.25, 0.3) is 0 Å². The molecule has 0 atom stereocenters. The van der Waals surface area contributed by atoms with E-state index < -0.39 is 11.6 Å². The predicted octanol–water partition coefficient (Wildman–Crippen LogP) is -3.28. The fraction of sp³-hybridized carbons (Fsp3) is 0.600. The summed E-state index contributed by atoms with van der Waals surface area (Å²) in [5, 5.41) is 4.56. The number of amides is 3. The van der Waals surface area contributed by atoms with E-state index in [1.54, 1.807) is 13.8 Å². The minimum absolute atomic E-state index is 0. The topological polar surface area (TPSA) is 58.2 Å². The van der Waals surface area contributed by atoms with E-state index in [9.17, 15) is 9.59 Å². The quantitative estimate of drug-likeness (QED) is 0.294. The van der Waals surface area contributed by atoms with Crippen LogP contribution in [0.3, 0.4) is 0 Å². The van der Waals surface area contributed by atoms with Gasteiger partial charge >= 0.3 is 57.4 Å². The fourth-order valence-corrected chi connectivity index (χ4v) is 0.631. The van der Waals surface area contributed by atoms with Gasteiger partial charge in [-0.05, 0) is 13.8 Å². The summed E-state index contributed by atoms with van der Waals surface area (Å²) in [7, 11) is 0. The van der Waals surface area contributed by atoms with E-state index in [1.807, 2.05) is 0 Å². The van der Waals surface area contributed by atoms with Gasteiger partial charge in [-0.1, -0.05) is 0 Å². The largest absolute Gasteiger partial charge is 1.00 e. The molecule has 1 aliphatic heterocycles. The van der Waals surface area contributed by atoms with Crippen LogP contribution < -0.4 is 62.0 Å². The summed E-state index contributed by atoms with van der Waals surface area (Å²) in [6.45, 7) is 3.29. The molecule has 0 aromatic heterocycles. The number of carbonyl (C=O) groups excluding carboxylic acids is 2. The van der Waals surface area contributed by atoms with E-state index in [1.165, 1.54) is 0 Å². The average Bonchev–Trinajstić information content (AvgIpc) is 1.79. The molecule has 1 saturated heterocycles. The number of urea groups is 1. The molecule has 52 valence electrons. The van der Waals surface area contributed by atoms with Gasteiger partial charge in [-0.25, -0.2) is 4.79 Å². The zero-order chi connectivity index (χ0) is 7.07. The molecule has 1 heterocycles. The van der Waals surface area contributed by atoms with Crippen molar-refractivity contribution in [2.45, 2.75) is 19.4 Å². The minimum Gasteiger partial charge on any atom is -1.00 e. The average molecular weight is 168 g/mol. The van der Waals surface area contributed by atoms with Crippen LogP contribution in [0.15, 0.2) is 0 Å². The molecule has 4 nitrogen and oxygen atoms in total. The SMILES string of the molecule is CC1(C)NC(=O)NC1=O.[H-].[K+]. The molecular formula is C5H9KN2O2. The smallest absolute Gasteiger partial charge is 1.00 e. The maximum atomic E-state index is 10.7. The van der Waals surface area contributed by atoms with E-state index >= 15 is 0 Å². The van der Waals surface area contributed by atoms with Gasteiger partial charge in [-0.15, -0.1) is 0 Å². The fourth-order valence-electron chi connectivity index (χ4n) is 0.631. The molecular weight excluding hydrogens is 159 g/mol. The Kier molecular flexibility index (Phi) is 3.51. The summed E-state index contributed by atoms with van der Waals surface area (Å²) in [6, 6.07) is -0.412. The van der Waals surface area contributed by atoms with Crippen LogP contribution in [0, 0.1) is 0 Å². The van der Waals surface area contributed by atoms with Gasteiger partial charge in [0, 0.05) is 0 Å². The summed E-state index contributed by atoms with van der Waals surface area (Å²) in [5.74, 6) is -0.271. The number of rotatable bonds is 0. The Labute approximate surface area is 103 Å². The molecule has 0 aromatic carbocycles. The van der Waals surface area contributed by atoms with Crippen LogP contribution in [0.2, 0.25) is 0 Å². The first-order chi connectivity index (χ1) is 4.02. The van der Waals surface area contributed by atoms with Crippen LogP contribution in [0.5, 0.6) is 0 Å².